The molecule has 1 aromatic heterocycles. The summed E-state index contributed by atoms with van der Waals surface area (Å²) < 4.78 is 3.14. The van der Waals surface area contributed by atoms with Crippen molar-refractivity contribution in [3.63, 3.8) is 0 Å². The lowest BCUT2D eigenvalue weighted by Crippen LogP contribution is -2.32. The molecule has 1 saturated heterocycles. The van der Waals surface area contributed by atoms with Crippen LogP contribution < -0.4 is 10.9 Å². The van der Waals surface area contributed by atoms with E-state index in [9.17, 15) is 19.2 Å². The number of rotatable bonds is 6. The second-order valence-corrected chi connectivity index (χ2v) is 8.97. The molecular formula is C25H24N4O4S. The molecule has 0 spiro atoms. The van der Waals surface area contributed by atoms with Gasteiger partial charge in [0, 0.05) is 20.0 Å². The summed E-state index contributed by atoms with van der Waals surface area (Å²) >= 11 is 0.854. The van der Waals surface area contributed by atoms with Crippen LogP contribution in [0.3, 0.4) is 0 Å². The second-order valence-electron chi connectivity index (χ2n) is 7.98. The zero-order valence-electron chi connectivity index (χ0n) is 19.1. The predicted molar refractivity (Wildman–Crippen MR) is 133 cm³/mol. The van der Waals surface area contributed by atoms with E-state index in [1.807, 2.05) is 49.4 Å². The fourth-order valence-corrected chi connectivity index (χ4v) is 4.50. The van der Waals surface area contributed by atoms with Crippen LogP contribution in [-0.2, 0) is 16.6 Å². The molecule has 0 radical (unpaired) electrons. The Hall–Kier alpha value is -3.85. The number of para-hydroxylation sites is 1. The van der Waals surface area contributed by atoms with E-state index >= 15 is 0 Å². The van der Waals surface area contributed by atoms with E-state index in [-0.39, 0.29) is 24.2 Å². The monoisotopic (exact) mass is 476 g/mol. The van der Waals surface area contributed by atoms with Crippen molar-refractivity contribution in [2.75, 3.05) is 11.9 Å². The van der Waals surface area contributed by atoms with Gasteiger partial charge in [-0.3, -0.25) is 28.8 Å². The van der Waals surface area contributed by atoms with Gasteiger partial charge in [0.15, 0.2) is 0 Å². The molecule has 1 aliphatic rings. The largest absolute Gasteiger partial charge is 0.320 e. The molecule has 34 heavy (non-hydrogen) atoms. The molecule has 2 heterocycles. The van der Waals surface area contributed by atoms with Crippen molar-refractivity contribution in [2.45, 2.75) is 20.3 Å². The molecule has 4 rings (SSSR count). The molecule has 174 valence electrons. The van der Waals surface area contributed by atoms with Gasteiger partial charge in [0.25, 0.3) is 16.7 Å². The number of nitrogens with zero attached hydrogens (tertiary/aromatic N) is 3. The zero-order valence-corrected chi connectivity index (χ0v) is 19.9. The maximum Gasteiger partial charge on any atom is 0.295 e. The van der Waals surface area contributed by atoms with Gasteiger partial charge in [-0.25, -0.2) is 4.68 Å². The molecule has 3 aromatic rings. The highest BCUT2D eigenvalue weighted by Gasteiger charge is 2.35. The summed E-state index contributed by atoms with van der Waals surface area (Å²) in [4.78, 5) is 52.0. The Labute approximate surface area is 200 Å². The molecule has 0 atom stereocenters. The first-order valence-electron chi connectivity index (χ1n) is 10.7. The third-order valence-electron chi connectivity index (χ3n) is 5.63. The van der Waals surface area contributed by atoms with Crippen LogP contribution in [0, 0.1) is 13.8 Å². The number of aromatic nitrogens is 2. The normalized spacial score (nSPS) is 14.8. The average molecular weight is 477 g/mol. The average Bonchev–Trinajstić information content (AvgIpc) is 3.20. The van der Waals surface area contributed by atoms with Gasteiger partial charge >= 0.3 is 0 Å². The van der Waals surface area contributed by atoms with Crippen LogP contribution in [0.25, 0.3) is 11.8 Å². The second kappa shape index (κ2) is 9.56. The number of carbonyl (C=O) groups excluding carboxylic acids is 3. The molecule has 1 N–H and O–H groups in total. The number of thioether (sulfide) groups is 1. The Kier molecular flexibility index (Phi) is 6.56. The SMILES string of the molecule is Cc1ccc(C=C2SC(=O)N(CCC(=O)Nc3c(C)n(C)n(-c4ccccc4)c3=O)C2=O)cc1. The highest BCUT2D eigenvalue weighted by atomic mass is 32.2. The van der Waals surface area contributed by atoms with Gasteiger partial charge in [-0.2, -0.15) is 0 Å². The van der Waals surface area contributed by atoms with Crippen molar-refractivity contribution in [2.24, 2.45) is 7.05 Å². The van der Waals surface area contributed by atoms with Crippen molar-refractivity contribution in [3.05, 3.63) is 86.7 Å². The third-order valence-corrected chi connectivity index (χ3v) is 6.54. The lowest BCUT2D eigenvalue weighted by Gasteiger charge is -2.12. The summed E-state index contributed by atoms with van der Waals surface area (Å²) in [5, 5.41) is 2.24. The summed E-state index contributed by atoms with van der Waals surface area (Å²) in [6.45, 7) is 3.64. The number of imide groups is 1. The lowest BCUT2D eigenvalue weighted by molar-refractivity contribution is -0.123. The molecule has 2 aromatic carbocycles. The summed E-state index contributed by atoms with van der Waals surface area (Å²) in [6.07, 6.45) is 1.55. The maximum atomic E-state index is 12.9. The number of benzene rings is 2. The van der Waals surface area contributed by atoms with E-state index in [4.69, 9.17) is 0 Å². The van der Waals surface area contributed by atoms with Crippen molar-refractivity contribution in [1.29, 1.82) is 0 Å². The first kappa shape index (κ1) is 23.3. The summed E-state index contributed by atoms with van der Waals surface area (Å²) in [5.41, 5.74) is 3.01. The van der Waals surface area contributed by atoms with Crippen LogP contribution in [-0.4, -0.2) is 37.9 Å². The van der Waals surface area contributed by atoms with Gasteiger partial charge in [0.2, 0.25) is 5.91 Å². The quantitative estimate of drug-likeness (QED) is 0.546. The molecule has 1 aliphatic heterocycles. The van der Waals surface area contributed by atoms with Crippen LogP contribution >= 0.6 is 11.8 Å². The summed E-state index contributed by atoms with van der Waals surface area (Å²) in [5.74, 6) is -0.877. The summed E-state index contributed by atoms with van der Waals surface area (Å²) in [7, 11) is 1.74. The number of hydrogen-bond donors (Lipinski definition) is 1. The van der Waals surface area contributed by atoms with Crippen molar-refractivity contribution in [1.82, 2.24) is 14.3 Å². The van der Waals surface area contributed by atoms with Crippen LogP contribution in [0.5, 0.6) is 0 Å². The fraction of sp³-hybridized carbons (Fsp3) is 0.200. The predicted octanol–water partition coefficient (Wildman–Crippen LogP) is 3.86. The van der Waals surface area contributed by atoms with Gasteiger partial charge in [0.1, 0.15) is 5.69 Å². The van der Waals surface area contributed by atoms with Crippen molar-refractivity contribution in [3.8, 4) is 5.69 Å². The van der Waals surface area contributed by atoms with Crippen molar-refractivity contribution >= 4 is 40.6 Å². The van der Waals surface area contributed by atoms with E-state index in [0.717, 1.165) is 27.8 Å². The molecule has 9 heteroatoms. The smallest absolute Gasteiger partial charge is 0.295 e. The molecule has 0 saturated carbocycles. The minimum Gasteiger partial charge on any atom is -0.320 e. The van der Waals surface area contributed by atoms with Crippen LogP contribution in [0.2, 0.25) is 0 Å². The van der Waals surface area contributed by atoms with E-state index in [1.165, 1.54) is 4.68 Å². The fourth-order valence-electron chi connectivity index (χ4n) is 3.63. The first-order valence-corrected chi connectivity index (χ1v) is 11.5. The topological polar surface area (TPSA) is 93.4 Å². The minimum absolute atomic E-state index is 0.0690. The van der Waals surface area contributed by atoms with E-state index in [1.54, 1.807) is 36.9 Å². The maximum absolute atomic E-state index is 12.9. The molecule has 0 unspecified atom stereocenters. The number of hydrogen-bond acceptors (Lipinski definition) is 5. The van der Waals surface area contributed by atoms with Gasteiger partial charge in [0.05, 0.1) is 16.3 Å². The van der Waals surface area contributed by atoms with Crippen molar-refractivity contribution < 1.29 is 14.4 Å². The molecule has 0 bridgehead atoms. The Morgan fingerprint density at radius 1 is 1.00 bits per heavy atom. The molecule has 0 aliphatic carbocycles. The molecule has 1 fully saturated rings. The van der Waals surface area contributed by atoms with E-state index in [2.05, 4.69) is 5.32 Å². The Bertz CT molecular complexity index is 1350. The zero-order chi connectivity index (χ0) is 24.4. The van der Waals surface area contributed by atoms with E-state index in [0.29, 0.717) is 16.3 Å². The molecule has 8 nitrogen and oxygen atoms in total. The number of aryl methyl sites for hydroxylation is 1. The Morgan fingerprint density at radius 2 is 1.68 bits per heavy atom. The number of nitrogens with one attached hydrogen (secondary N) is 1. The minimum atomic E-state index is -0.451. The Morgan fingerprint density at radius 3 is 2.35 bits per heavy atom. The third kappa shape index (κ3) is 4.60. The summed E-state index contributed by atoms with van der Waals surface area (Å²) in [6, 6.07) is 16.7. The standard InChI is InChI=1S/C25H24N4O4S/c1-16-9-11-18(12-10-16)15-20-23(31)28(25(33)34-20)14-13-21(30)26-22-17(2)27(3)29(24(22)32)19-7-5-4-6-8-19/h4-12,15H,13-14H2,1-3H3,(H,26,30). The van der Waals surface area contributed by atoms with Crippen LogP contribution in [0.15, 0.2) is 64.3 Å². The lowest BCUT2D eigenvalue weighted by atomic mass is 10.1. The highest BCUT2D eigenvalue weighted by molar-refractivity contribution is 8.18. The number of amides is 3. The van der Waals surface area contributed by atoms with Crippen LogP contribution in [0.1, 0.15) is 23.2 Å². The van der Waals surface area contributed by atoms with E-state index < -0.39 is 17.1 Å². The van der Waals surface area contributed by atoms with Gasteiger partial charge in [-0.1, -0.05) is 48.0 Å². The highest BCUT2D eigenvalue weighted by Crippen LogP contribution is 2.32. The Balaban J connectivity index is 1.44. The number of carbonyl (C=O) groups is 3. The first-order chi connectivity index (χ1) is 16.3. The van der Waals surface area contributed by atoms with Gasteiger partial charge in [-0.15, -0.1) is 0 Å². The molecular weight excluding hydrogens is 452 g/mol. The molecule has 3 amide bonds. The van der Waals surface area contributed by atoms with Gasteiger partial charge < -0.3 is 5.32 Å². The van der Waals surface area contributed by atoms with Gasteiger partial charge in [-0.05, 0) is 49.4 Å². The van der Waals surface area contributed by atoms with Crippen LogP contribution in [0.4, 0.5) is 10.5 Å². The number of anilines is 1.